The predicted molar refractivity (Wildman–Crippen MR) is 57.5 cm³/mol. The van der Waals surface area contributed by atoms with Crippen LogP contribution in [0.25, 0.3) is 0 Å². The summed E-state index contributed by atoms with van der Waals surface area (Å²) >= 11 is 0. The van der Waals surface area contributed by atoms with Gasteiger partial charge in [-0.25, -0.2) is 0 Å². The first-order valence-electron chi connectivity index (χ1n) is 5.13. The van der Waals surface area contributed by atoms with Crippen LogP contribution in [0.4, 0.5) is 0 Å². The summed E-state index contributed by atoms with van der Waals surface area (Å²) in [5.74, 6) is 0. The molecule has 0 rings (SSSR count). The van der Waals surface area contributed by atoms with Gasteiger partial charge < -0.3 is 10.8 Å². The normalized spacial score (nSPS) is 19.6. The second-order valence-electron chi connectivity index (χ2n) is 5.49. The molecule has 0 aliphatic heterocycles. The lowest BCUT2D eigenvalue weighted by Gasteiger charge is -2.36. The number of rotatable bonds is 4. The van der Waals surface area contributed by atoms with Crippen LogP contribution in [0.1, 0.15) is 47.5 Å². The first kappa shape index (κ1) is 12.9. The second kappa shape index (κ2) is 4.43. The molecule has 0 aromatic carbocycles. The monoisotopic (exact) mass is 187 g/mol. The van der Waals surface area contributed by atoms with Crippen LogP contribution in [0.2, 0.25) is 0 Å². The second-order valence-corrected chi connectivity index (χ2v) is 5.49. The van der Waals surface area contributed by atoms with Crippen LogP contribution in [0, 0.1) is 10.8 Å². The van der Waals surface area contributed by atoms with E-state index in [0.29, 0.717) is 6.54 Å². The van der Waals surface area contributed by atoms with Crippen LogP contribution < -0.4 is 5.73 Å². The Kier molecular flexibility index (Phi) is 4.40. The van der Waals surface area contributed by atoms with Gasteiger partial charge in [-0.15, -0.1) is 0 Å². The number of aliphatic hydroxyl groups is 1. The Hall–Kier alpha value is -0.0800. The molecule has 3 N–H and O–H groups in total. The lowest BCUT2D eigenvalue weighted by atomic mass is 9.75. The van der Waals surface area contributed by atoms with E-state index in [4.69, 9.17) is 5.73 Å². The zero-order valence-electron chi connectivity index (χ0n) is 9.72. The molecule has 0 aromatic heterocycles. The van der Waals surface area contributed by atoms with Gasteiger partial charge in [0, 0.05) is 12.0 Å². The molecule has 0 aliphatic carbocycles. The van der Waals surface area contributed by atoms with Crippen LogP contribution in [0.3, 0.4) is 0 Å². The van der Waals surface area contributed by atoms with Gasteiger partial charge in [0.2, 0.25) is 0 Å². The summed E-state index contributed by atoms with van der Waals surface area (Å²) in [7, 11) is 0. The third-order valence-corrected chi connectivity index (χ3v) is 2.88. The summed E-state index contributed by atoms with van der Waals surface area (Å²) in [4.78, 5) is 0. The molecule has 0 aromatic rings. The maximum Gasteiger partial charge on any atom is 0.0610 e. The summed E-state index contributed by atoms with van der Waals surface area (Å²) in [6.45, 7) is 11.1. The molecule has 0 aliphatic rings. The Morgan fingerprint density at radius 2 is 1.69 bits per heavy atom. The molecule has 0 radical (unpaired) electrons. The van der Waals surface area contributed by atoms with Crippen molar-refractivity contribution in [1.29, 1.82) is 0 Å². The molecular weight excluding hydrogens is 162 g/mol. The minimum Gasteiger partial charge on any atom is -0.392 e. The van der Waals surface area contributed by atoms with Crippen LogP contribution in [0.15, 0.2) is 0 Å². The van der Waals surface area contributed by atoms with Gasteiger partial charge in [0.25, 0.3) is 0 Å². The Morgan fingerprint density at radius 1 is 1.23 bits per heavy atom. The quantitative estimate of drug-likeness (QED) is 0.708. The van der Waals surface area contributed by atoms with E-state index in [9.17, 15) is 5.11 Å². The Bertz CT molecular complexity index is 145. The van der Waals surface area contributed by atoms with Crippen LogP contribution in [-0.4, -0.2) is 17.8 Å². The van der Waals surface area contributed by atoms with Gasteiger partial charge in [-0.2, -0.15) is 0 Å². The highest BCUT2D eigenvalue weighted by Crippen LogP contribution is 2.32. The molecule has 2 atom stereocenters. The molecule has 2 unspecified atom stereocenters. The Labute approximate surface area is 82.5 Å². The summed E-state index contributed by atoms with van der Waals surface area (Å²) in [5, 5.41) is 10.0. The molecule has 0 amide bonds. The fourth-order valence-corrected chi connectivity index (χ4v) is 1.34. The fraction of sp³-hybridized carbons (Fsp3) is 1.00. The van der Waals surface area contributed by atoms with Crippen LogP contribution in [-0.2, 0) is 0 Å². The molecule has 13 heavy (non-hydrogen) atoms. The summed E-state index contributed by atoms with van der Waals surface area (Å²) < 4.78 is 0. The van der Waals surface area contributed by atoms with Crippen molar-refractivity contribution in [2.75, 3.05) is 6.54 Å². The standard InChI is InChI=1S/C11H25NO/c1-6-11(5,8-12)9(13)7-10(2,3)4/h9,13H,6-8,12H2,1-5H3. The van der Waals surface area contributed by atoms with Crippen molar-refractivity contribution in [3.63, 3.8) is 0 Å². The smallest absolute Gasteiger partial charge is 0.0610 e. The summed E-state index contributed by atoms with van der Waals surface area (Å²) in [5.41, 5.74) is 5.73. The largest absolute Gasteiger partial charge is 0.392 e. The van der Waals surface area contributed by atoms with E-state index in [0.717, 1.165) is 12.8 Å². The molecule has 2 nitrogen and oxygen atoms in total. The van der Waals surface area contributed by atoms with Gasteiger partial charge in [-0.3, -0.25) is 0 Å². The number of hydrogen-bond donors (Lipinski definition) is 2. The van der Waals surface area contributed by atoms with Crippen LogP contribution in [0.5, 0.6) is 0 Å². The average molecular weight is 187 g/mol. The van der Waals surface area contributed by atoms with E-state index >= 15 is 0 Å². The van der Waals surface area contributed by atoms with Gasteiger partial charge in [-0.05, 0) is 18.3 Å². The van der Waals surface area contributed by atoms with Crippen molar-refractivity contribution in [1.82, 2.24) is 0 Å². The maximum atomic E-state index is 10.0. The molecule has 2 heteroatoms. The minimum absolute atomic E-state index is 0.118. The highest BCUT2D eigenvalue weighted by atomic mass is 16.3. The average Bonchev–Trinajstić information content (AvgIpc) is 2.00. The zero-order chi connectivity index (χ0) is 10.7. The lowest BCUT2D eigenvalue weighted by molar-refractivity contribution is 0.00958. The van der Waals surface area contributed by atoms with E-state index in [2.05, 4.69) is 34.6 Å². The van der Waals surface area contributed by atoms with Gasteiger partial charge in [0.15, 0.2) is 0 Å². The summed E-state index contributed by atoms with van der Waals surface area (Å²) in [6, 6.07) is 0. The van der Waals surface area contributed by atoms with Crippen molar-refractivity contribution < 1.29 is 5.11 Å². The minimum atomic E-state index is -0.289. The molecule has 0 saturated carbocycles. The Balaban J connectivity index is 4.31. The zero-order valence-corrected chi connectivity index (χ0v) is 9.72. The highest BCUT2D eigenvalue weighted by Gasteiger charge is 2.32. The van der Waals surface area contributed by atoms with Crippen molar-refractivity contribution >= 4 is 0 Å². The Morgan fingerprint density at radius 3 is 1.92 bits per heavy atom. The molecule has 0 fully saturated rings. The van der Waals surface area contributed by atoms with Crippen molar-refractivity contribution in [3.8, 4) is 0 Å². The van der Waals surface area contributed by atoms with Gasteiger partial charge in [0.1, 0.15) is 0 Å². The van der Waals surface area contributed by atoms with Gasteiger partial charge >= 0.3 is 0 Å². The lowest BCUT2D eigenvalue weighted by Crippen LogP contribution is -2.40. The van der Waals surface area contributed by atoms with Crippen LogP contribution >= 0.6 is 0 Å². The fourth-order valence-electron chi connectivity index (χ4n) is 1.34. The topological polar surface area (TPSA) is 46.2 Å². The number of nitrogens with two attached hydrogens (primary N) is 1. The predicted octanol–water partition coefficient (Wildman–Crippen LogP) is 2.16. The van der Waals surface area contributed by atoms with E-state index < -0.39 is 0 Å². The molecule has 0 bridgehead atoms. The first-order valence-corrected chi connectivity index (χ1v) is 5.13. The van der Waals surface area contributed by atoms with Crippen molar-refractivity contribution in [2.45, 2.75) is 53.6 Å². The van der Waals surface area contributed by atoms with Crippen molar-refractivity contribution in [2.24, 2.45) is 16.6 Å². The van der Waals surface area contributed by atoms with E-state index in [1.165, 1.54) is 0 Å². The molecule has 0 spiro atoms. The highest BCUT2D eigenvalue weighted by molar-refractivity contribution is 4.84. The molecule has 80 valence electrons. The summed E-state index contributed by atoms with van der Waals surface area (Å²) in [6.07, 6.45) is 1.46. The molecule has 0 saturated heterocycles. The third kappa shape index (κ3) is 4.10. The molecular formula is C11H25NO. The SMILES string of the molecule is CCC(C)(CN)C(O)CC(C)(C)C. The van der Waals surface area contributed by atoms with Crippen molar-refractivity contribution in [3.05, 3.63) is 0 Å². The maximum absolute atomic E-state index is 10.0. The number of hydrogen-bond acceptors (Lipinski definition) is 2. The number of aliphatic hydroxyl groups excluding tert-OH is 1. The molecule has 0 heterocycles. The first-order chi connectivity index (χ1) is 5.75. The van der Waals surface area contributed by atoms with Gasteiger partial charge in [-0.1, -0.05) is 34.6 Å². The van der Waals surface area contributed by atoms with E-state index in [1.54, 1.807) is 0 Å². The van der Waals surface area contributed by atoms with Gasteiger partial charge in [0.05, 0.1) is 6.10 Å². The van der Waals surface area contributed by atoms with E-state index in [1.807, 2.05) is 0 Å². The van der Waals surface area contributed by atoms with E-state index in [-0.39, 0.29) is 16.9 Å². The third-order valence-electron chi connectivity index (χ3n) is 2.88.